The van der Waals surface area contributed by atoms with Crippen LogP contribution in [0.1, 0.15) is 93.9 Å². The Kier molecular flexibility index (Phi) is 14.6. The normalized spacial score (nSPS) is 12.1. The van der Waals surface area contributed by atoms with Gasteiger partial charge in [0, 0.05) is 34.6 Å². The van der Waals surface area contributed by atoms with Crippen LogP contribution in [-0.4, -0.2) is 44.3 Å². The molecule has 0 aromatic heterocycles. The van der Waals surface area contributed by atoms with E-state index >= 15 is 0 Å². The Labute approximate surface area is 200 Å². The fourth-order valence-corrected chi connectivity index (χ4v) is 2.57. The van der Waals surface area contributed by atoms with E-state index in [-0.39, 0.29) is 34.6 Å². The second-order valence-electron chi connectivity index (χ2n) is 10.1. The van der Waals surface area contributed by atoms with Gasteiger partial charge in [0.1, 0.15) is 0 Å². The van der Waals surface area contributed by atoms with E-state index in [0.29, 0.717) is 25.7 Å². The molecule has 0 rings (SSSR count). The van der Waals surface area contributed by atoms with Crippen LogP contribution in [0.25, 0.3) is 0 Å². The zero-order chi connectivity index (χ0) is 24.6. The molecule has 0 fully saturated rings. The molecule has 0 saturated carbocycles. The van der Waals surface area contributed by atoms with Crippen LogP contribution in [0.15, 0.2) is 0 Å². The molecule has 180 valence electrons. The molecule has 0 bridgehead atoms. The van der Waals surface area contributed by atoms with Crippen molar-refractivity contribution in [3.8, 4) is 0 Å². The topological polar surface area (TPSA) is 149 Å². The molecule has 0 unspecified atom stereocenters. The van der Waals surface area contributed by atoms with Gasteiger partial charge in [-0.3, -0.25) is 19.2 Å². The van der Waals surface area contributed by atoms with Crippen LogP contribution in [0, 0.1) is 21.7 Å². The molecule has 0 aromatic rings. The number of carboxylic acids is 4. The summed E-state index contributed by atoms with van der Waals surface area (Å²) in [5.74, 6) is -3.36. The smallest absolute Gasteiger partial charge is 0.309 e. The maximum atomic E-state index is 11.0. The third-order valence-corrected chi connectivity index (χ3v) is 6.84. The Hall–Kier alpha value is -1.41. The van der Waals surface area contributed by atoms with Gasteiger partial charge in [0.2, 0.25) is 0 Å². The van der Waals surface area contributed by atoms with Gasteiger partial charge in [-0.1, -0.05) is 27.7 Å². The molecule has 0 aromatic carbocycles. The SMILES string of the molecule is CC(C)(CCCC(=O)O)C(C)(C)C(=O)O.CC(C)(CCCC(=O)O)C(C)(C)C(=O)O.[Ti]. The van der Waals surface area contributed by atoms with Crippen molar-refractivity contribution in [3.05, 3.63) is 0 Å². The van der Waals surface area contributed by atoms with Gasteiger partial charge in [0.25, 0.3) is 0 Å². The summed E-state index contributed by atoms with van der Waals surface area (Å²) in [7, 11) is 0. The van der Waals surface area contributed by atoms with Crippen LogP contribution in [-0.2, 0) is 40.9 Å². The number of carboxylic acid groups (broad SMARTS) is 4. The molecule has 0 heterocycles. The number of hydrogen-bond acceptors (Lipinski definition) is 4. The van der Waals surface area contributed by atoms with E-state index in [9.17, 15) is 19.2 Å². The number of hydrogen-bond donors (Lipinski definition) is 4. The van der Waals surface area contributed by atoms with Crippen molar-refractivity contribution in [2.75, 3.05) is 0 Å². The predicted octanol–water partition coefficient (Wildman–Crippen LogP) is 4.75. The van der Waals surface area contributed by atoms with E-state index in [2.05, 4.69) is 0 Å². The first-order valence-corrected chi connectivity index (χ1v) is 10.1. The van der Waals surface area contributed by atoms with Crippen LogP contribution in [0.5, 0.6) is 0 Å². The second kappa shape index (κ2) is 13.2. The Balaban J connectivity index is -0.000000490. The molecule has 0 aliphatic rings. The molecule has 0 radical (unpaired) electrons. The average molecular weight is 480 g/mol. The van der Waals surface area contributed by atoms with E-state index in [1.165, 1.54) is 0 Å². The van der Waals surface area contributed by atoms with Crippen LogP contribution in [0.2, 0.25) is 0 Å². The molecule has 9 heteroatoms. The van der Waals surface area contributed by atoms with Gasteiger partial charge >= 0.3 is 23.9 Å². The number of rotatable bonds is 12. The largest absolute Gasteiger partial charge is 0.481 e. The first-order chi connectivity index (χ1) is 13.2. The molecule has 31 heavy (non-hydrogen) atoms. The van der Waals surface area contributed by atoms with E-state index in [1.54, 1.807) is 27.7 Å². The van der Waals surface area contributed by atoms with Crippen molar-refractivity contribution in [3.63, 3.8) is 0 Å². The van der Waals surface area contributed by atoms with E-state index in [4.69, 9.17) is 20.4 Å². The van der Waals surface area contributed by atoms with Crippen molar-refractivity contribution in [2.45, 2.75) is 93.9 Å². The van der Waals surface area contributed by atoms with E-state index in [1.807, 2.05) is 27.7 Å². The maximum absolute atomic E-state index is 11.0. The van der Waals surface area contributed by atoms with E-state index in [0.717, 1.165) is 0 Å². The molecule has 0 aliphatic heterocycles. The minimum atomic E-state index is -0.845. The maximum Gasteiger partial charge on any atom is 0.309 e. The summed E-state index contributed by atoms with van der Waals surface area (Å²) in [4.78, 5) is 42.8. The van der Waals surface area contributed by atoms with Crippen molar-refractivity contribution < 1.29 is 61.3 Å². The van der Waals surface area contributed by atoms with Gasteiger partial charge < -0.3 is 20.4 Å². The van der Waals surface area contributed by atoms with Crippen LogP contribution >= 0.6 is 0 Å². The number of carbonyl (C=O) groups is 4. The Morgan fingerprint density at radius 2 is 0.774 bits per heavy atom. The number of aliphatic carboxylic acids is 4. The van der Waals surface area contributed by atoms with Gasteiger partial charge in [-0.05, 0) is 64.2 Å². The quantitative estimate of drug-likeness (QED) is 0.292. The summed E-state index contributed by atoms with van der Waals surface area (Å²) in [6, 6.07) is 0. The standard InChI is InChI=1S/2C11H20O4.Ti/c2*1-10(2,7-5-6-8(12)13)11(3,4)9(14)15;/h2*5-7H2,1-4H3,(H,12,13)(H,14,15);. The zero-order valence-electron chi connectivity index (χ0n) is 20.2. The van der Waals surface area contributed by atoms with Gasteiger partial charge in [0.05, 0.1) is 10.8 Å². The summed E-state index contributed by atoms with van der Waals surface area (Å²) in [6.07, 6.45) is 2.41. The summed E-state index contributed by atoms with van der Waals surface area (Å²) in [6.45, 7) is 14.2. The fourth-order valence-electron chi connectivity index (χ4n) is 2.57. The Morgan fingerprint density at radius 3 is 0.935 bits per heavy atom. The van der Waals surface area contributed by atoms with E-state index < -0.39 is 45.5 Å². The second-order valence-corrected chi connectivity index (χ2v) is 10.1. The molecule has 0 amide bonds. The van der Waals surface area contributed by atoms with Crippen molar-refractivity contribution in [1.29, 1.82) is 0 Å². The third-order valence-electron chi connectivity index (χ3n) is 6.84. The fraction of sp³-hybridized carbons (Fsp3) is 0.818. The van der Waals surface area contributed by atoms with Crippen molar-refractivity contribution in [2.24, 2.45) is 21.7 Å². The summed E-state index contributed by atoms with van der Waals surface area (Å²) >= 11 is 0. The molecule has 8 nitrogen and oxygen atoms in total. The van der Waals surface area contributed by atoms with Crippen LogP contribution < -0.4 is 0 Å². The van der Waals surface area contributed by atoms with Gasteiger partial charge in [-0.25, -0.2) is 0 Å². The zero-order valence-corrected chi connectivity index (χ0v) is 21.7. The molecular formula is C22H40O8Ti. The van der Waals surface area contributed by atoms with Crippen LogP contribution in [0.4, 0.5) is 0 Å². The summed E-state index contributed by atoms with van der Waals surface area (Å²) in [5.41, 5.74) is -2.50. The first kappa shape index (κ1) is 34.2. The molecule has 0 spiro atoms. The summed E-state index contributed by atoms with van der Waals surface area (Å²) < 4.78 is 0. The minimum absolute atomic E-state index is 0. The predicted molar refractivity (Wildman–Crippen MR) is 113 cm³/mol. The van der Waals surface area contributed by atoms with Gasteiger partial charge in [0.15, 0.2) is 0 Å². The van der Waals surface area contributed by atoms with Gasteiger partial charge in [-0.2, -0.15) is 0 Å². The Morgan fingerprint density at radius 1 is 0.548 bits per heavy atom. The minimum Gasteiger partial charge on any atom is -0.481 e. The molecular weight excluding hydrogens is 440 g/mol. The first-order valence-electron chi connectivity index (χ1n) is 10.1. The third kappa shape index (κ3) is 11.1. The van der Waals surface area contributed by atoms with Crippen molar-refractivity contribution >= 4 is 23.9 Å². The van der Waals surface area contributed by atoms with Crippen LogP contribution in [0.3, 0.4) is 0 Å². The molecule has 0 saturated heterocycles. The molecule has 0 atom stereocenters. The van der Waals surface area contributed by atoms with Gasteiger partial charge in [-0.15, -0.1) is 0 Å². The molecule has 4 N–H and O–H groups in total. The Bertz CT molecular complexity index is 567. The molecule has 0 aliphatic carbocycles. The van der Waals surface area contributed by atoms with Crippen molar-refractivity contribution in [1.82, 2.24) is 0 Å². The summed E-state index contributed by atoms with van der Waals surface area (Å²) in [5, 5.41) is 35.2. The monoisotopic (exact) mass is 480 g/mol. The average Bonchev–Trinajstić information content (AvgIpc) is 2.53.